The number of aliphatic hydroxyl groups is 1. The number of ether oxygens (including phenoxy) is 1. The number of fused-ring (bicyclic) bond motifs is 1. The Kier molecular flexibility index (Phi) is 5.31. The lowest BCUT2D eigenvalue weighted by Crippen LogP contribution is -2.36. The van der Waals surface area contributed by atoms with Crippen molar-refractivity contribution in [2.75, 3.05) is 0 Å². The molecule has 1 aliphatic rings. The summed E-state index contributed by atoms with van der Waals surface area (Å²) < 4.78 is 29.3. The minimum absolute atomic E-state index is 0.183. The molecule has 4 aromatic rings. The Morgan fingerprint density at radius 3 is 2.56 bits per heavy atom. The molecular formula is C24H20ClF2N3O2. The Morgan fingerprint density at radius 1 is 1.12 bits per heavy atom. The third-order valence-electron chi connectivity index (χ3n) is 6.20. The van der Waals surface area contributed by atoms with E-state index in [9.17, 15) is 13.9 Å². The maximum absolute atomic E-state index is 12.5. The van der Waals surface area contributed by atoms with Crippen molar-refractivity contribution >= 4 is 22.6 Å². The molecule has 2 aromatic carbocycles. The van der Waals surface area contributed by atoms with Crippen LogP contribution < -0.4 is 4.74 Å². The Hall–Kier alpha value is -3.03. The van der Waals surface area contributed by atoms with Crippen LogP contribution in [0.4, 0.5) is 8.78 Å². The first kappa shape index (κ1) is 20.8. The molecule has 164 valence electrons. The summed E-state index contributed by atoms with van der Waals surface area (Å²) in [4.78, 5) is 12.2. The van der Waals surface area contributed by atoms with Crippen LogP contribution >= 0.6 is 11.6 Å². The number of alkyl halides is 2. The number of halogens is 3. The van der Waals surface area contributed by atoms with Gasteiger partial charge in [-0.25, -0.2) is 9.97 Å². The summed E-state index contributed by atoms with van der Waals surface area (Å²) in [5, 5.41) is 10.4. The molecule has 1 saturated carbocycles. The minimum Gasteiger partial charge on any atom is -0.417 e. The summed E-state index contributed by atoms with van der Waals surface area (Å²) in [6.45, 7) is -3.28. The highest BCUT2D eigenvalue weighted by Gasteiger charge is 2.43. The molecule has 0 unspecified atom stereocenters. The minimum atomic E-state index is -2.97. The van der Waals surface area contributed by atoms with E-state index in [4.69, 9.17) is 16.6 Å². The van der Waals surface area contributed by atoms with E-state index in [1.807, 2.05) is 30.3 Å². The lowest BCUT2D eigenvalue weighted by Gasteiger charge is -2.40. The second kappa shape index (κ2) is 8.15. The van der Waals surface area contributed by atoms with Gasteiger partial charge in [-0.2, -0.15) is 8.78 Å². The van der Waals surface area contributed by atoms with Crippen LogP contribution in [0.5, 0.6) is 5.88 Å². The van der Waals surface area contributed by atoms with Crippen LogP contribution in [-0.4, -0.2) is 26.7 Å². The molecule has 0 radical (unpaired) electrons. The van der Waals surface area contributed by atoms with Crippen molar-refractivity contribution in [1.29, 1.82) is 0 Å². The van der Waals surface area contributed by atoms with E-state index in [1.54, 1.807) is 0 Å². The first-order valence-corrected chi connectivity index (χ1v) is 10.7. The third-order valence-corrected chi connectivity index (χ3v) is 6.43. The van der Waals surface area contributed by atoms with E-state index in [1.165, 1.54) is 12.3 Å². The maximum atomic E-state index is 12.5. The van der Waals surface area contributed by atoms with Gasteiger partial charge in [-0.1, -0.05) is 42.3 Å². The number of aromatic amines is 1. The first-order chi connectivity index (χ1) is 15.5. The van der Waals surface area contributed by atoms with Gasteiger partial charge >= 0.3 is 6.61 Å². The zero-order valence-corrected chi connectivity index (χ0v) is 17.7. The van der Waals surface area contributed by atoms with E-state index in [0.717, 1.165) is 47.2 Å². The fraction of sp³-hybridized carbons (Fsp3) is 0.250. The molecule has 2 aromatic heterocycles. The second-order valence-electron chi connectivity index (χ2n) is 7.98. The van der Waals surface area contributed by atoms with Crippen LogP contribution in [0.15, 0.2) is 54.7 Å². The number of aromatic nitrogens is 3. The number of pyridine rings is 1. The molecule has 2 N–H and O–H groups in total. The molecular weight excluding hydrogens is 436 g/mol. The zero-order chi connectivity index (χ0) is 22.3. The van der Waals surface area contributed by atoms with Gasteiger partial charge < -0.3 is 14.8 Å². The molecule has 0 atom stereocenters. The first-order valence-electron chi connectivity index (χ1n) is 10.3. The summed E-state index contributed by atoms with van der Waals surface area (Å²) in [5.41, 5.74) is 4.74. The number of rotatable bonds is 6. The van der Waals surface area contributed by atoms with Crippen LogP contribution in [0.2, 0.25) is 5.02 Å². The van der Waals surface area contributed by atoms with Gasteiger partial charge in [-0.15, -0.1) is 0 Å². The van der Waals surface area contributed by atoms with E-state index in [2.05, 4.69) is 26.8 Å². The van der Waals surface area contributed by atoms with Crippen molar-refractivity contribution in [2.45, 2.75) is 37.9 Å². The largest absolute Gasteiger partial charge is 0.417 e. The zero-order valence-electron chi connectivity index (χ0n) is 17.0. The number of hydrogen-bond acceptors (Lipinski definition) is 4. The van der Waals surface area contributed by atoms with E-state index in [0.29, 0.717) is 16.1 Å². The van der Waals surface area contributed by atoms with E-state index >= 15 is 0 Å². The normalized spacial score (nSPS) is 15.2. The molecule has 8 heteroatoms. The van der Waals surface area contributed by atoms with E-state index in [-0.39, 0.29) is 17.9 Å². The summed E-state index contributed by atoms with van der Waals surface area (Å²) in [6.07, 6.45) is 4.54. The second-order valence-corrected chi connectivity index (χ2v) is 8.41. The van der Waals surface area contributed by atoms with Gasteiger partial charge in [-0.3, -0.25) is 0 Å². The number of imidazole rings is 1. The molecule has 0 spiro atoms. The van der Waals surface area contributed by atoms with Gasteiger partial charge in [-0.05, 0) is 47.7 Å². The summed E-state index contributed by atoms with van der Waals surface area (Å²) in [7, 11) is 0. The molecule has 0 bridgehead atoms. The number of benzene rings is 2. The van der Waals surface area contributed by atoms with Gasteiger partial charge in [0, 0.05) is 22.8 Å². The fourth-order valence-corrected chi connectivity index (χ4v) is 4.56. The molecule has 1 aliphatic carbocycles. The smallest absolute Gasteiger partial charge is 0.388 e. The van der Waals surface area contributed by atoms with Crippen molar-refractivity contribution < 1.29 is 18.6 Å². The van der Waals surface area contributed by atoms with Crippen molar-refractivity contribution in [1.82, 2.24) is 15.0 Å². The number of H-pyrrole nitrogens is 1. The average molecular weight is 456 g/mol. The van der Waals surface area contributed by atoms with Gasteiger partial charge in [0.15, 0.2) is 0 Å². The lowest BCUT2D eigenvalue weighted by atomic mass is 9.64. The van der Waals surface area contributed by atoms with Gasteiger partial charge in [0.25, 0.3) is 0 Å². The molecule has 1 fully saturated rings. The summed E-state index contributed by atoms with van der Waals surface area (Å²) in [5.74, 6) is 0.711. The molecule has 0 aliphatic heterocycles. The monoisotopic (exact) mass is 455 g/mol. The SMILES string of the molecule is OCc1cc(OC(F)F)ncc1-c1ccc(C2(c3nc4ccc(Cl)cc4[nH]3)CCC2)cc1. The van der Waals surface area contributed by atoms with Gasteiger partial charge in [0.2, 0.25) is 5.88 Å². The van der Waals surface area contributed by atoms with Crippen LogP contribution in [-0.2, 0) is 12.0 Å². The van der Waals surface area contributed by atoms with Gasteiger partial charge in [0.05, 0.1) is 23.1 Å². The number of nitrogens with zero attached hydrogens (tertiary/aromatic N) is 2. The third kappa shape index (κ3) is 3.61. The van der Waals surface area contributed by atoms with Crippen LogP contribution in [0.1, 0.15) is 36.2 Å². The quantitative estimate of drug-likeness (QED) is 0.383. The number of hydrogen-bond donors (Lipinski definition) is 2. The summed E-state index contributed by atoms with van der Waals surface area (Å²) >= 11 is 6.13. The predicted octanol–water partition coefficient (Wildman–Crippen LogP) is 5.84. The highest BCUT2D eigenvalue weighted by Crippen LogP contribution is 2.48. The Bertz CT molecular complexity index is 1270. The van der Waals surface area contributed by atoms with Crippen molar-refractivity contribution in [3.05, 3.63) is 76.7 Å². The topological polar surface area (TPSA) is 71.0 Å². The Balaban J connectivity index is 1.48. The maximum Gasteiger partial charge on any atom is 0.388 e. The van der Waals surface area contributed by atoms with Crippen molar-refractivity contribution in [2.24, 2.45) is 0 Å². The predicted molar refractivity (Wildman–Crippen MR) is 118 cm³/mol. The van der Waals surface area contributed by atoms with Crippen LogP contribution in [0.25, 0.3) is 22.2 Å². The van der Waals surface area contributed by atoms with Crippen molar-refractivity contribution in [3.8, 4) is 17.0 Å². The highest BCUT2D eigenvalue weighted by atomic mass is 35.5. The van der Waals surface area contributed by atoms with Gasteiger partial charge in [0.1, 0.15) is 5.82 Å². The molecule has 5 nitrogen and oxygen atoms in total. The van der Waals surface area contributed by atoms with Crippen LogP contribution in [0.3, 0.4) is 0 Å². The Morgan fingerprint density at radius 2 is 1.91 bits per heavy atom. The standard InChI is InChI=1S/C24H20ClF2N3O2/c25-17-6-7-19-20(11-17)30-22(29-19)24(8-1-9-24)16-4-2-14(3-5-16)18-12-28-21(32-23(26)27)10-15(18)13-31/h2-7,10-12,23,31H,1,8-9,13H2,(H,29,30). The Labute approximate surface area is 188 Å². The lowest BCUT2D eigenvalue weighted by molar-refractivity contribution is -0.0529. The average Bonchev–Trinajstić information content (AvgIpc) is 3.16. The molecule has 0 saturated heterocycles. The fourth-order valence-electron chi connectivity index (χ4n) is 4.39. The molecule has 32 heavy (non-hydrogen) atoms. The summed E-state index contributed by atoms with van der Waals surface area (Å²) in [6, 6.07) is 15.0. The number of aliphatic hydroxyl groups excluding tert-OH is 1. The van der Waals surface area contributed by atoms with E-state index < -0.39 is 6.61 Å². The van der Waals surface area contributed by atoms with Crippen LogP contribution in [0, 0.1) is 0 Å². The molecule has 5 rings (SSSR count). The number of nitrogens with one attached hydrogen (secondary N) is 1. The molecule has 0 amide bonds. The van der Waals surface area contributed by atoms with Crippen molar-refractivity contribution in [3.63, 3.8) is 0 Å². The molecule has 2 heterocycles. The highest BCUT2D eigenvalue weighted by molar-refractivity contribution is 6.31.